The van der Waals surface area contributed by atoms with Crippen LogP contribution < -0.4 is 10.2 Å². The highest BCUT2D eigenvalue weighted by atomic mass is 16.3. The van der Waals surface area contributed by atoms with Crippen molar-refractivity contribution in [1.82, 2.24) is 15.2 Å². The van der Waals surface area contributed by atoms with Gasteiger partial charge in [0.05, 0.1) is 18.8 Å². The average molecular weight is 314 g/mol. The third-order valence-electron chi connectivity index (χ3n) is 4.06. The zero-order valence-corrected chi connectivity index (χ0v) is 13.3. The molecule has 1 aliphatic rings. The number of hydrogen-bond acceptors (Lipinski definition) is 5. The van der Waals surface area contributed by atoms with E-state index < -0.39 is 0 Å². The lowest BCUT2D eigenvalue weighted by molar-refractivity contribution is -0.123. The topological polar surface area (TPSA) is 61.6 Å². The number of nitrogens with one attached hydrogen (secondary N) is 1. The van der Waals surface area contributed by atoms with Crippen LogP contribution in [0.2, 0.25) is 0 Å². The molecule has 0 saturated carbocycles. The molecule has 3 rings (SSSR count). The molecule has 6 nitrogen and oxygen atoms in total. The van der Waals surface area contributed by atoms with E-state index in [1.54, 1.807) is 6.26 Å². The van der Waals surface area contributed by atoms with Crippen LogP contribution in [0, 0.1) is 0 Å². The lowest BCUT2D eigenvalue weighted by Crippen LogP contribution is -2.49. The number of nitrogens with zero attached hydrogens (tertiary/aromatic N) is 3. The van der Waals surface area contributed by atoms with Crippen molar-refractivity contribution in [1.29, 1.82) is 0 Å². The second kappa shape index (κ2) is 7.28. The molecule has 1 saturated heterocycles. The molecule has 6 heteroatoms. The molecule has 2 aromatic heterocycles. The molecule has 0 bridgehead atoms. The summed E-state index contributed by atoms with van der Waals surface area (Å²) in [5.74, 6) is 1.81. The predicted octanol–water partition coefficient (Wildman–Crippen LogP) is 1.67. The summed E-state index contributed by atoms with van der Waals surface area (Å²) in [5, 5.41) is 2.97. The first kappa shape index (κ1) is 15.6. The van der Waals surface area contributed by atoms with Crippen molar-refractivity contribution in [2.24, 2.45) is 0 Å². The quantitative estimate of drug-likeness (QED) is 0.910. The molecule has 1 amide bonds. The fourth-order valence-electron chi connectivity index (χ4n) is 2.77. The van der Waals surface area contributed by atoms with Crippen LogP contribution in [0.15, 0.2) is 47.2 Å². The summed E-state index contributed by atoms with van der Waals surface area (Å²) >= 11 is 0. The summed E-state index contributed by atoms with van der Waals surface area (Å²) < 4.78 is 5.31. The standard InChI is InChI=1S/C17H22N4O2/c1-14(15-5-4-12-23-15)19-17(22)13-20-8-10-21(11-9-20)16-6-2-3-7-18-16/h2-7,12,14H,8-11,13H2,1H3,(H,19,22)/t14-/m0/s1. The van der Waals surface area contributed by atoms with Gasteiger partial charge in [0.25, 0.3) is 0 Å². The molecule has 0 spiro atoms. The van der Waals surface area contributed by atoms with Crippen LogP contribution in [0.5, 0.6) is 0 Å². The van der Waals surface area contributed by atoms with Crippen LogP contribution in [0.1, 0.15) is 18.7 Å². The average Bonchev–Trinajstić information content (AvgIpc) is 3.11. The summed E-state index contributed by atoms with van der Waals surface area (Å²) in [4.78, 5) is 20.9. The zero-order chi connectivity index (χ0) is 16.1. The number of furan rings is 1. The molecule has 0 aromatic carbocycles. The molecule has 0 aliphatic carbocycles. The summed E-state index contributed by atoms with van der Waals surface area (Å²) in [6, 6.07) is 9.54. The SMILES string of the molecule is C[C@H](NC(=O)CN1CCN(c2ccccn2)CC1)c1ccco1. The molecule has 23 heavy (non-hydrogen) atoms. The Morgan fingerprint density at radius 1 is 1.26 bits per heavy atom. The van der Waals surface area contributed by atoms with Gasteiger partial charge in [-0.1, -0.05) is 6.07 Å². The van der Waals surface area contributed by atoms with Gasteiger partial charge in [-0.2, -0.15) is 0 Å². The highest BCUT2D eigenvalue weighted by Crippen LogP contribution is 2.14. The number of rotatable bonds is 5. The maximum atomic E-state index is 12.1. The minimum atomic E-state index is -0.104. The first-order valence-electron chi connectivity index (χ1n) is 7.93. The molecule has 1 atom stereocenters. The first-order chi connectivity index (χ1) is 11.2. The molecular weight excluding hydrogens is 292 g/mol. The Kier molecular flexibility index (Phi) is 4.92. The lowest BCUT2D eigenvalue weighted by atomic mass is 10.2. The third kappa shape index (κ3) is 4.10. The molecule has 1 fully saturated rings. The van der Waals surface area contributed by atoms with Gasteiger partial charge in [-0.05, 0) is 31.2 Å². The Balaban J connectivity index is 1.44. The van der Waals surface area contributed by atoms with Crippen molar-refractivity contribution in [3.63, 3.8) is 0 Å². The maximum Gasteiger partial charge on any atom is 0.234 e. The fraction of sp³-hybridized carbons (Fsp3) is 0.412. The highest BCUT2D eigenvalue weighted by Gasteiger charge is 2.20. The van der Waals surface area contributed by atoms with E-state index in [-0.39, 0.29) is 11.9 Å². The monoisotopic (exact) mass is 314 g/mol. The van der Waals surface area contributed by atoms with Gasteiger partial charge in [-0.25, -0.2) is 4.98 Å². The summed E-state index contributed by atoms with van der Waals surface area (Å²) in [6.45, 7) is 5.84. The Morgan fingerprint density at radius 2 is 2.09 bits per heavy atom. The van der Waals surface area contributed by atoms with Gasteiger partial charge in [0.1, 0.15) is 11.6 Å². The number of carbonyl (C=O) groups is 1. The van der Waals surface area contributed by atoms with Gasteiger partial charge >= 0.3 is 0 Å². The van der Waals surface area contributed by atoms with Crippen LogP contribution in [-0.2, 0) is 4.79 Å². The van der Waals surface area contributed by atoms with Crippen LogP contribution in [0.3, 0.4) is 0 Å². The highest BCUT2D eigenvalue weighted by molar-refractivity contribution is 5.78. The molecule has 0 unspecified atom stereocenters. The van der Waals surface area contributed by atoms with E-state index in [9.17, 15) is 4.79 Å². The van der Waals surface area contributed by atoms with Crippen LogP contribution >= 0.6 is 0 Å². The smallest absolute Gasteiger partial charge is 0.234 e. The molecule has 0 radical (unpaired) electrons. The zero-order valence-electron chi connectivity index (χ0n) is 13.3. The number of hydrogen-bond donors (Lipinski definition) is 1. The van der Waals surface area contributed by atoms with Gasteiger partial charge in [0.2, 0.25) is 5.91 Å². The minimum absolute atomic E-state index is 0.0280. The van der Waals surface area contributed by atoms with Crippen LogP contribution in [-0.4, -0.2) is 48.5 Å². The van der Waals surface area contributed by atoms with E-state index in [4.69, 9.17) is 4.42 Å². The first-order valence-corrected chi connectivity index (χ1v) is 7.93. The van der Waals surface area contributed by atoms with Gasteiger partial charge in [-0.3, -0.25) is 9.69 Å². The number of piperazine rings is 1. The molecular formula is C17H22N4O2. The number of amides is 1. The number of anilines is 1. The summed E-state index contributed by atoms with van der Waals surface area (Å²) in [6.07, 6.45) is 3.43. The lowest BCUT2D eigenvalue weighted by Gasteiger charge is -2.35. The number of carbonyl (C=O) groups excluding carboxylic acids is 1. The molecule has 3 heterocycles. The normalized spacial score (nSPS) is 17.0. The minimum Gasteiger partial charge on any atom is -0.467 e. The van der Waals surface area contributed by atoms with Crippen molar-refractivity contribution in [2.45, 2.75) is 13.0 Å². The van der Waals surface area contributed by atoms with Crippen molar-refractivity contribution in [2.75, 3.05) is 37.6 Å². The van der Waals surface area contributed by atoms with E-state index in [1.165, 1.54) is 0 Å². The molecule has 1 aliphatic heterocycles. The van der Waals surface area contributed by atoms with E-state index in [2.05, 4.69) is 20.1 Å². The van der Waals surface area contributed by atoms with Crippen molar-refractivity contribution in [3.05, 3.63) is 48.6 Å². The Morgan fingerprint density at radius 3 is 2.74 bits per heavy atom. The fourth-order valence-corrected chi connectivity index (χ4v) is 2.77. The summed E-state index contributed by atoms with van der Waals surface area (Å²) in [7, 11) is 0. The molecule has 122 valence electrons. The largest absolute Gasteiger partial charge is 0.467 e. The summed E-state index contributed by atoms with van der Waals surface area (Å²) in [5.41, 5.74) is 0. The van der Waals surface area contributed by atoms with E-state index in [0.717, 1.165) is 37.8 Å². The van der Waals surface area contributed by atoms with Crippen molar-refractivity contribution >= 4 is 11.7 Å². The van der Waals surface area contributed by atoms with Gasteiger partial charge < -0.3 is 14.6 Å². The van der Waals surface area contributed by atoms with Crippen molar-refractivity contribution in [3.8, 4) is 0 Å². The number of aromatic nitrogens is 1. The second-order valence-electron chi connectivity index (χ2n) is 5.76. The Hall–Kier alpha value is -2.34. The third-order valence-corrected chi connectivity index (χ3v) is 4.06. The van der Waals surface area contributed by atoms with E-state index in [1.807, 2.05) is 43.5 Å². The van der Waals surface area contributed by atoms with Crippen LogP contribution in [0.4, 0.5) is 5.82 Å². The Bertz CT molecular complexity index is 607. The van der Waals surface area contributed by atoms with E-state index in [0.29, 0.717) is 6.54 Å². The number of pyridine rings is 1. The molecule has 2 aromatic rings. The van der Waals surface area contributed by atoms with Crippen molar-refractivity contribution < 1.29 is 9.21 Å². The second-order valence-corrected chi connectivity index (χ2v) is 5.76. The molecule has 1 N–H and O–H groups in total. The van der Waals surface area contributed by atoms with Crippen LogP contribution in [0.25, 0.3) is 0 Å². The van der Waals surface area contributed by atoms with Gasteiger partial charge in [-0.15, -0.1) is 0 Å². The van der Waals surface area contributed by atoms with Gasteiger partial charge in [0.15, 0.2) is 0 Å². The maximum absolute atomic E-state index is 12.1. The predicted molar refractivity (Wildman–Crippen MR) is 88.2 cm³/mol. The van der Waals surface area contributed by atoms with Gasteiger partial charge in [0, 0.05) is 32.4 Å². The Labute approximate surface area is 136 Å². The van der Waals surface area contributed by atoms with E-state index >= 15 is 0 Å².